The first kappa shape index (κ1) is 13.1. The Balaban J connectivity index is 0.000000310. The zero-order valence-corrected chi connectivity index (χ0v) is 10.1. The van der Waals surface area contributed by atoms with E-state index in [1.54, 1.807) is 12.5 Å². The predicted octanol–water partition coefficient (Wildman–Crippen LogP) is 2.35. The zero-order valence-electron chi connectivity index (χ0n) is 9.26. The van der Waals surface area contributed by atoms with Gasteiger partial charge in [-0.15, -0.1) is 0 Å². The molecule has 0 aromatic heterocycles. The van der Waals surface area contributed by atoms with Crippen LogP contribution in [0.4, 0.5) is 0 Å². The van der Waals surface area contributed by atoms with E-state index in [9.17, 15) is 4.21 Å². The van der Waals surface area contributed by atoms with Crippen molar-refractivity contribution in [3.8, 4) is 0 Å². The second-order valence-corrected chi connectivity index (χ2v) is 5.20. The van der Waals surface area contributed by atoms with E-state index < -0.39 is 10.8 Å². The van der Waals surface area contributed by atoms with E-state index in [4.69, 9.17) is 4.74 Å². The van der Waals surface area contributed by atoms with Gasteiger partial charge in [0.2, 0.25) is 0 Å². The smallest absolute Gasteiger partial charge is 0.0916 e. The molecule has 0 saturated carbocycles. The number of ether oxygens (including phenoxy) is 1. The van der Waals surface area contributed by atoms with E-state index >= 15 is 0 Å². The highest BCUT2D eigenvalue weighted by atomic mass is 32.2. The Morgan fingerprint density at radius 2 is 1.54 bits per heavy atom. The van der Waals surface area contributed by atoms with Crippen molar-refractivity contribution in [2.24, 2.45) is 0 Å². The second-order valence-electron chi connectivity index (χ2n) is 3.71. The lowest BCUT2D eigenvalue weighted by molar-refractivity contribution is 0.270. The second kappa shape index (κ2) is 6.55. The van der Waals surface area contributed by atoms with Crippen LogP contribution in [0.1, 0.15) is 39.5 Å². The summed E-state index contributed by atoms with van der Waals surface area (Å²) in [4.78, 5) is 0. The first-order valence-electron chi connectivity index (χ1n) is 4.95. The molecule has 0 atom stereocenters. The van der Waals surface area contributed by atoms with Gasteiger partial charge in [-0.3, -0.25) is 4.21 Å². The van der Waals surface area contributed by atoms with Crippen LogP contribution in [0, 0.1) is 0 Å². The molecular weight excluding hydrogens is 184 g/mol. The quantitative estimate of drug-likeness (QED) is 0.661. The summed E-state index contributed by atoms with van der Waals surface area (Å²) in [5.41, 5.74) is 0.351. The molecule has 0 radical (unpaired) electrons. The Morgan fingerprint density at radius 1 is 1.23 bits per heavy atom. The summed E-state index contributed by atoms with van der Waals surface area (Å²) in [5, 5.41) is 0. The lowest BCUT2D eigenvalue weighted by Crippen LogP contribution is -2.08. The summed E-state index contributed by atoms with van der Waals surface area (Å²) in [6.07, 6.45) is 8.34. The molecule has 1 heterocycles. The number of rotatable bonds is 4. The van der Waals surface area contributed by atoms with E-state index in [1.165, 1.54) is 25.7 Å². The van der Waals surface area contributed by atoms with Gasteiger partial charge in [-0.1, -0.05) is 26.7 Å². The van der Waals surface area contributed by atoms with Crippen molar-refractivity contribution in [1.82, 2.24) is 0 Å². The lowest BCUT2D eigenvalue weighted by atomic mass is 10.00. The van der Waals surface area contributed by atoms with Crippen molar-refractivity contribution in [2.45, 2.75) is 45.1 Å². The lowest BCUT2D eigenvalue weighted by Gasteiger charge is -2.06. The van der Waals surface area contributed by atoms with Gasteiger partial charge in [0, 0.05) is 23.3 Å². The van der Waals surface area contributed by atoms with Crippen molar-refractivity contribution < 1.29 is 8.95 Å². The Kier molecular flexibility index (Phi) is 6.60. The maximum absolute atomic E-state index is 9.56. The van der Waals surface area contributed by atoms with Crippen molar-refractivity contribution >= 4 is 10.8 Å². The molecule has 1 saturated heterocycles. The SMILES string of the molecule is CCCC1(CCC)CO1.CS(C)=O. The highest BCUT2D eigenvalue weighted by molar-refractivity contribution is 7.83. The highest BCUT2D eigenvalue weighted by Crippen LogP contribution is 2.36. The summed E-state index contributed by atoms with van der Waals surface area (Å²) < 4.78 is 14.9. The van der Waals surface area contributed by atoms with Crippen LogP contribution in [0.3, 0.4) is 0 Å². The summed E-state index contributed by atoms with van der Waals surface area (Å²) >= 11 is 0. The van der Waals surface area contributed by atoms with Crippen molar-refractivity contribution in [3.63, 3.8) is 0 Å². The van der Waals surface area contributed by atoms with Crippen LogP contribution in [-0.4, -0.2) is 28.9 Å². The molecule has 1 fully saturated rings. The minimum atomic E-state index is -0.611. The summed E-state index contributed by atoms with van der Waals surface area (Å²) in [6, 6.07) is 0. The first-order valence-corrected chi connectivity index (χ1v) is 6.92. The van der Waals surface area contributed by atoms with Crippen LogP contribution in [0.5, 0.6) is 0 Å². The maximum Gasteiger partial charge on any atom is 0.0916 e. The molecule has 2 nitrogen and oxygen atoms in total. The van der Waals surface area contributed by atoms with E-state index in [2.05, 4.69) is 13.8 Å². The molecule has 0 spiro atoms. The molecule has 0 bridgehead atoms. The average Bonchev–Trinajstić information content (AvgIpc) is 2.69. The van der Waals surface area contributed by atoms with Crippen LogP contribution in [0.2, 0.25) is 0 Å². The third-order valence-corrected chi connectivity index (χ3v) is 1.96. The third kappa shape index (κ3) is 7.20. The minimum absolute atomic E-state index is 0.351. The fourth-order valence-electron chi connectivity index (χ4n) is 1.43. The van der Waals surface area contributed by atoms with Crippen molar-refractivity contribution in [2.75, 3.05) is 19.1 Å². The Morgan fingerprint density at radius 3 is 1.69 bits per heavy atom. The van der Waals surface area contributed by atoms with Gasteiger partial charge in [0.25, 0.3) is 0 Å². The van der Waals surface area contributed by atoms with E-state index in [1.807, 2.05) is 0 Å². The predicted molar refractivity (Wildman–Crippen MR) is 58.5 cm³/mol. The molecule has 1 rings (SSSR count). The first-order chi connectivity index (χ1) is 6.06. The zero-order chi connectivity index (χ0) is 10.3. The third-order valence-electron chi connectivity index (χ3n) is 1.96. The van der Waals surface area contributed by atoms with E-state index in [0.29, 0.717) is 5.60 Å². The summed E-state index contributed by atoms with van der Waals surface area (Å²) in [6.45, 7) is 5.47. The van der Waals surface area contributed by atoms with Gasteiger partial charge in [-0.25, -0.2) is 0 Å². The molecule has 0 N–H and O–H groups in total. The molecular formula is C10H22O2S. The average molecular weight is 206 g/mol. The molecule has 0 amide bonds. The van der Waals surface area contributed by atoms with Crippen molar-refractivity contribution in [1.29, 1.82) is 0 Å². The molecule has 1 aliphatic heterocycles. The highest BCUT2D eigenvalue weighted by Gasteiger charge is 2.42. The number of hydrogen-bond acceptors (Lipinski definition) is 2. The largest absolute Gasteiger partial charge is 0.370 e. The molecule has 13 heavy (non-hydrogen) atoms. The van der Waals surface area contributed by atoms with Crippen LogP contribution in [0.15, 0.2) is 0 Å². The molecule has 0 unspecified atom stereocenters. The summed E-state index contributed by atoms with van der Waals surface area (Å²) in [7, 11) is -0.611. The topological polar surface area (TPSA) is 29.6 Å². The fourth-order valence-corrected chi connectivity index (χ4v) is 1.43. The molecule has 1 aliphatic rings. The van der Waals surface area contributed by atoms with Crippen LogP contribution >= 0.6 is 0 Å². The molecule has 0 aromatic rings. The van der Waals surface area contributed by atoms with E-state index in [-0.39, 0.29) is 0 Å². The van der Waals surface area contributed by atoms with Gasteiger partial charge >= 0.3 is 0 Å². The molecule has 0 aromatic carbocycles. The number of epoxide rings is 1. The fraction of sp³-hybridized carbons (Fsp3) is 1.00. The van der Waals surface area contributed by atoms with Gasteiger partial charge in [-0.2, -0.15) is 0 Å². The van der Waals surface area contributed by atoms with Gasteiger partial charge in [0.1, 0.15) is 0 Å². The molecule has 0 aliphatic carbocycles. The number of hydrogen-bond donors (Lipinski definition) is 0. The monoisotopic (exact) mass is 206 g/mol. The standard InChI is InChI=1S/C8H16O.C2H6OS/c1-3-5-8(6-4-2)7-9-8;1-4(2)3/h3-7H2,1-2H3;1-2H3. The van der Waals surface area contributed by atoms with Gasteiger partial charge in [0.15, 0.2) is 0 Å². The van der Waals surface area contributed by atoms with Crippen LogP contribution in [0.25, 0.3) is 0 Å². The van der Waals surface area contributed by atoms with Gasteiger partial charge in [0.05, 0.1) is 12.2 Å². The van der Waals surface area contributed by atoms with Crippen molar-refractivity contribution in [3.05, 3.63) is 0 Å². The van der Waals surface area contributed by atoms with Crippen LogP contribution < -0.4 is 0 Å². The Labute approximate surface area is 84.5 Å². The normalized spacial score (nSPS) is 17.9. The van der Waals surface area contributed by atoms with E-state index in [0.717, 1.165) is 6.61 Å². The maximum atomic E-state index is 9.56. The van der Waals surface area contributed by atoms with Crippen LogP contribution in [-0.2, 0) is 15.5 Å². The molecule has 3 heteroatoms. The van der Waals surface area contributed by atoms with Gasteiger partial charge in [-0.05, 0) is 12.8 Å². The Hall–Kier alpha value is 0.110. The Bertz CT molecular complexity index is 141. The summed E-state index contributed by atoms with van der Waals surface area (Å²) in [5.74, 6) is 0. The van der Waals surface area contributed by atoms with Gasteiger partial charge < -0.3 is 4.74 Å². The minimum Gasteiger partial charge on any atom is -0.370 e. The molecule has 80 valence electrons.